The van der Waals surface area contributed by atoms with Crippen molar-refractivity contribution in [3.05, 3.63) is 54.1 Å². The van der Waals surface area contributed by atoms with Crippen molar-refractivity contribution < 1.29 is 17.5 Å². The molecule has 0 bridgehead atoms. The lowest BCUT2D eigenvalue weighted by Gasteiger charge is -2.10. The predicted molar refractivity (Wildman–Crippen MR) is 96.1 cm³/mol. The fourth-order valence-corrected chi connectivity index (χ4v) is 3.17. The Hall–Kier alpha value is -2.78. The number of nitrogens with zero attached hydrogens (tertiary/aromatic N) is 2. The molecule has 26 heavy (non-hydrogen) atoms. The maximum absolute atomic E-state index is 14.0. The van der Waals surface area contributed by atoms with Crippen molar-refractivity contribution in [3.63, 3.8) is 0 Å². The summed E-state index contributed by atoms with van der Waals surface area (Å²) in [5, 5.41) is 3.65. The summed E-state index contributed by atoms with van der Waals surface area (Å²) in [7, 11) is -0.715. The van der Waals surface area contributed by atoms with Gasteiger partial charge in [0.2, 0.25) is 10.0 Å². The van der Waals surface area contributed by atoms with E-state index in [1.807, 2.05) is 0 Å². The molecule has 0 unspecified atom stereocenters. The summed E-state index contributed by atoms with van der Waals surface area (Å²) in [5.74, 6) is 0.0893. The van der Waals surface area contributed by atoms with Crippen molar-refractivity contribution in [1.82, 2.24) is 14.7 Å². The van der Waals surface area contributed by atoms with Gasteiger partial charge < -0.3 is 10.1 Å². The minimum absolute atomic E-state index is 0.114. The molecule has 0 radical (unpaired) electrons. The van der Waals surface area contributed by atoms with E-state index >= 15 is 0 Å². The van der Waals surface area contributed by atoms with E-state index in [0.717, 1.165) is 5.56 Å². The smallest absolute Gasteiger partial charge is 0.240 e. The average Bonchev–Trinajstić information content (AvgIpc) is 2.66. The number of hydrogen-bond acceptors (Lipinski definition) is 6. The number of rotatable bonds is 6. The molecular formula is C17H17FN4O3S. The number of methoxy groups -OCH3 is 1. The Morgan fingerprint density at radius 3 is 2.54 bits per heavy atom. The van der Waals surface area contributed by atoms with Crippen LogP contribution in [-0.4, -0.2) is 32.5 Å². The highest BCUT2D eigenvalue weighted by Gasteiger charge is 2.12. The highest BCUT2D eigenvalue weighted by Crippen LogP contribution is 2.27. The van der Waals surface area contributed by atoms with Crippen molar-refractivity contribution in [2.75, 3.05) is 19.5 Å². The highest BCUT2D eigenvalue weighted by molar-refractivity contribution is 7.89. The first-order valence-electron chi connectivity index (χ1n) is 7.69. The van der Waals surface area contributed by atoms with E-state index in [1.165, 1.54) is 44.8 Å². The monoisotopic (exact) mass is 376 g/mol. The van der Waals surface area contributed by atoms with Crippen molar-refractivity contribution in [1.29, 1.82) is 0 Å². The van der Waals surface area contributed by atoms with E-state index in [4.69, 9.17) is 4.74 Å². The third-order valence-corrected chi connectivity index (χ3v) is 5.30. The minimum atomic E-state index is -3.47. The quantitative estimate of drug-likeness (QED) is 0.686. The van der Waals surface area contributed by atoms with Crippen LogP contribution < -0.4 is 14.8 Å². The summed E-state index contributed by atoms with van der Waals surface area (Å²) in [6, 6.07) is 9.26. The fraction of sp³-hybridized carbons (Fsp3) is 0.176. The van der Waals surface area contributed by atoms with E-state index in [1.54, 1.807) is 12.1 Å². The number of ether oxygens (including phenoxy) is 1. The van der Waals surface area contributed by atoms with Crippen LogP contribution >= 0.6 is 0 Å². The number of anilines is 1. The zero-order chi connectivity index (χ0) is 18.7. The fourth-order valence-electron chi connectivity index (χ4n) is 2.44. The van der Waals surface area contributed by atoms with Crippen molar-refractivity contribution in [2.24, 2.45) is 0 Å². The molecule has 0 fully saturated rings. The maximum atomic E-state index is 14.0. The van der Waals surface area contributed by atoms with Gasteiger partial charge in [-0.1, -0.05) is 12.1 Å². The lowest BCUT2D eigenvalue weighted by molar-refractivity contribution is 0.387. The van der Waals surface area contributed by atoms with Crippen molar-refractivity contribution in [3.8, 4) is 5.75 Å². The van der Waals surface area contributed by atoms with Gasteiger partial charge in [-0.15, -0.1) is 0 Å². The molecule has 1 heterocycles. The normalized spacial score (nSPS) is 11.5. The first-order chi connectivity index (χ1) is 12.4. The molecule has 136 valence electrons. The number of hydrogen-bond donors (Lipinski definition) is 2. The summed E-state index contributed by atoms with van der Waals surface area (Å²) in [4.78, 5) is 8.46. The standard InChI is InChI=1S/C17H17FN4O3S/c1-19-26(23,24)12-5-3-11(4-6-12)9-20-17-13-7-14(18)16(25-2)8-15(13)21-10-22-17/h3-8,10,19H,9H2,1-2H3,(H,20,21,22). The van der Waals surface area contributed by atoms with Gasteiger partial charge in [-0.2, -0.15) is 0 Å². The van der Waals surface area contributed by atoms with Gasteiger partial charge in [-0.05, 0) is 30.8 Å². The molecule has 3 aromatic rings. The molecule has 0 saturated carbocycles. The lowest BCUT2D eigenvalue weighted by Crippen LogP contribution is -2.18. The molecule has 9 heteroatoms. The SMILES string of the molecule is CNS(=O)(=O)c1ccc(CNc2ncnc3cc(OC)c(F)cc23)cc1. The van der Waals surface area contributed by atoms with Crippen LogP contribution in [0.25, 0.3) is 10.9 Å². The van der Waals surface area contributed by atoms with E-state index in [-0.39, 0.29) is 10.6 Å². The Kier molecular flexibility index (Phi) is 5.01. The molecular weight excluding hydrogens is 359 g/mol. The Balaban J connectivity index is 1.83. The van der Waals surface area contributed by atoms with Gasteiger partial charge in [0.1, 0.15) is 12.1 Å². The number of halogens is 1. The molecule has 0 aliphatic rings. The van der Waals surface area contributed by atoms with Crippen LogP contribution in [0.4, 0.5) is 10.2 Å². The maximum Gasteiger partial charge on any atom is 0.240 e. The average molecular weight is 376 g/mol. The number of nitrogens with one attached hydrogen (secondary N) is 2. The van der Waals surface area contributed by atoms with Crippen LogP contribution in [0.1, 0.15) is 5.56 Å². The van der Waals surface area contributed by atoms with Gasteiger partial charge in [-0.25, -0.2) is 27.5 Å². The molecule has 0 aliphatic carbocycles. The summed E-state index contributed by atoms with van der Waals surface area (Å²) < 4.78 is 44.7. The Morgan fingerprint density at radius 2 is 1.88 bits per heavy atom. The lowest BCUT2D eigenvalue weighted by atomic mass is 10.2. The Labute approximate surface area is 150 Å². The van der Waals surface area contributed by atoms with Gasteiger partial charge >= 0.3 is 0 Å². The molecule has 2 aromatic carbocycles. The molecule has 1 aromatic heterocycles. The van der Waals surface area contributed by atoms with E-state index in [0.29, 0.717) is 23.3 Å². The van der Waals surface area contributed by atoms with Gasteiger partial charge in [0.15, 0.2) is 11.6 Å². The second-order valence-corrected chi connectivity index (χ2v) is 7.32. The minimum Gasteiger partial charge on any atom is -0.494 e. The van der Waals surface area contributed by atoms with Crippen LogP contribution in [0.15, 0.2) is 47.6 Å². The van der Waals surface area contributed by atoms with Gasteiger partial charge in [0.25, 0.3) is 0 Å². The van der Waals surface area contributed by atoms with Crippen LogP contribution in [0, 0.1) is 5.82 Å². The molecule has 0 spiro atoms. The second-order valence-electron chi connectivity index (χ2n) is 5.43. The van der Waals surface area contributed by atoms with Gasteiger partial charge in [0.05, 0.1) is 17.5 Å². The van der Waals surface area contributed by atoms with Crippen LogP contribution in [0.3, 0.4) is 0 Å². The number of aromatic nitrogens is 2. The summed E-state index contributed by atoms with van der Waals surface area (Å²) >= 11 is 0. The van der Waals surface area contributed by atoms with Gasteiger partial charge in [0, 0.05) is 18.0 Å². The van der Waals surface area contributed by atoms with E-state index in [9.17, 15) is 12.8 Å². The molecule has 0 atom stereocenters. The molecule has 2 N–H and O–H groups in total. The van der Waals surface area contributed by atoms with Gasteiger partial charge in [-0.3, -0.25) is 0 Å². The van der Waals surface area contributed by atoms with E-state index < -0.39 is 15.8 Å². The Bertz CT molecular complexity index is 1040. The predicted octanol–water partition coefficient (Wildman–Crippen LogP) is 2.30. The summed E-state index contributed by atoms with van der Waals surface area (Å²) in [6.45, 7) is 0.389. The van der Waals surface area contributed by atoms with Crippen LogP contribution in [-0.2, 0) is 16.6 Å². The van der Waals surface area contributed by atoms with Crippen LogP contribution in [0.2, 0.25) is 0 Å². The number of sulfonamides is 1. The first-order valence-corrected chi connectivity index (χ1v) is 9.17. The molecule has 3 rings (SSSR count). The largest absolute Gasteiger partial charge is 0.494 e. The zero-order valence-corrected chi connectivity index (χ0v) is 15.0. The molecule has 0 aliphatic heterocycles. The first kappa shape index (κ1) is 18.0. The molecule has 0 amide bonds. The Morgan fingerprint density at radius 1 is 1.15 bits per heavy atom. The summed E-state index contributed by atoms with van der Waals surface area (Å²) in [6.07, 6.45) is 1.38. The van der Waals surface area contributed by atoms with Crippen molar-refractivity contribution in [2.45, 2.75) is 11.4 Å². The number of benzene rings is 2. The topological polar surface area (TPSA) is 93.2 Å². The third-order valence-electron chi connectivity index (χ3n) is 3.87. The van der Waals surface area contributed by atoms with E-state index in [2.05, 4.69) is 20.0 Å². The zero-order valence-electron chi connectivity index (χ0n) is 14.2. The molecule has 0 saturated heterocycles. The molecule has 7 nitrogen and oxygen atoms in total. The third kappa shape index (κ3) is 3.58. The highest BCUT2D eigenvalue weighted by atomic mass is 32.2. The van der Waals surface area contributed by atoms with Crippen molar-refractivity contribution >= 4 is 26.7 Å². The number of fused-ring (bicyclic) bond motifs is 1. The summed E-state index contributed by atoms with van der Waals surface area (Å²) in [5.41, 5.74) is 1.40. The van der Waals surface area contributed by atoms with Crippen LogP contribution in [0.5, 0.6) is 5.75 Å². The second kappa shape index (κ2) is 7.22.